The van der Waals surface area contributed by atoms with Crippen LogP contribution in [-0.2, 0) is 11.2 Å². The van der Waals surface area contributed by atoms with Crippen LogP contribution in [0.1, 0.15) is 25.3 Å². The average molecular weight is 303 g/mol. The predicted molar refractivity (Wildman–Crippen MR) is 84.0 cm³/mol. The highest BCUT2D eigenvalue weighted by Gasteiger charge is 2.33. The van der Waals surface area contributed by atoms with Crippen LogP contribution in [0.3, 0.4) is 0 Å². The molecule has 0 aromatic heterocycles. The van der Waals surface area contributed by atoms with Gasteiger partial charge >= 0.3 is 0 Å². The van der Waals surface area contributed by atoms with E-state index >= 15 is 0 Å². The van der Waals surface area contributed by atoms with Gasteiger partial charge in [-0.2, -0.15) is 0 Å². The molecule has 118 valence electrons. The fraction of sp³-hybridized carbons (Fsp3) is 0.562. The van der Waals surface area contributed by atoms with Crippen molar-refractivity contribution in [1.29, 1.82) is 0 Å². The van der Waals surface area contributed by atoms with Gasteiger partial charge in [-0.25, -0.2) is 0 Å². The zero-order chi connectivity index (χ0) is 15.9. The number of fused-ring (bicyclic) bond motifs is 1. The Bertz CT molecular complexity index is 613. The number of anilines is 1. The Kier molecular flexibility index (Phi) is 3.87. The second-order valence-corrected chi connectivity index (χ2v) is 6.36. The van der Waals surface area contributed by atoms with Gasteiger partial charge in [0.05, 0.1) is 11.5 Å². The van der Waals surface area contributed by atoms with Crippen molar-refractivity contribution in [2.24, 2.45) is 5.92 Å². The van der Waals surface area contributed by atoms with Gasteiger partial charge in [-0.15, -0.1) is 0 Å². The monoisotopic (exact) mass is 303 g/mol. The first-order valence-corrected chi connectivity index (χ1v) is 7.75. The van der Waals surface area contributed by atoms with Crippen LogP contribution < -0.4 is 4.90 Å². The number of non-ortho nitro benzene ring substituents is 1. The topological polar surface area (TPSA) is 66.7 Å². The molecule has 0 bridgehead atoms. The van der Waals surface area contributed by atoms with Crippen LogP contribution in [-0.4, -0.2) is 41.9 Å². The van der Waals surface area contributed by atoms with Crippen LogP contribution in [0.25, 0.3) is 0 Å². The normalized spacial score (nSPS) is 18.4. The van der Waals surface area contributed by atoms with Gasteiger partial charge in [-0.3, -0.25) is 19.8 Å². The predicted octanol–water partition coefficient (Wildman–Crippen LogP) is 2.21. The van der Waals surface area contributed by atoms with E-state index in [1.54, 1.807) is 17.0 Å². The number of benzene rings is 1. The fourth-order valence-corrected chi connectivity index (χ4v) is 3.14. The summed E-state index contributed by atoms with van der Waals surface area (Å²) in [5.41, 5.74) is 1.80. The molecule has 0 spiro atoms. The summed E-state index contributed by atoms with van der Waals surface area (Å²) >= 11 is 0. The third kappa shape index (κ3) is 2.83. The van der Waals surface area contributed by atoms with Gasteiger partial charge in [-0.05, 0) is 50.8 Å². The molecule has 1 heterocycles. The largest absolute Gasteiger partial charge is 0.311 e. The lowest BCUT2D eigenvalue weighted by Crippen LogP contribution is -2.42. The number of nitrogens with zero attached hydrogens (tertiary/aromatic N) is 3. The molecule has 0 radical (unpaired) electrons. The number of carbonyl (C=O) groups is 1. The van der Waals surface area contributed by atoms with Crippen LogP contribution >= 0.6 is 0 Å². The van der Waals surface area contributed by atoms with Gasteiger partial charge in [0.1, 0.15) is 0 Å². The number of hydrogen-bond acceptors (Lipinski definition) is 4. The van der Waals surface area contributed by atoms with E-state index < -0.39 is 4.92 Å². The molecule has 0 saturated heterocycles. The lowest BCUT2D eigenvalue weighted by molar-refractivity contribution is -0.384. The first kappa shape index (κ1) is 15.0. The minimum absolute atomic E-state index is 0.0719. The summed E-state index contributed by atoms with van der Waals surface area (Å²) in [6.07, 6.45) is 3.20. The smallest absolute Gasteiger partial charge is 0.269 e. The number of nitro benzene ring substituents is 1. The van der Waals surface area contributed by atoms with Crippen LogP contribution in [0.4, 0.5) is 11.4 Å². The zero-order valence-electron chi connectivity index (χ0n) is 13.0. The first-order valence-electron chi connectivity index (χ1n) is 7.75. The maximum Gasteiger partial charge on any atom is 0.269 e. The van der Waals surface area contributed by atoms with E-state index in [2.05, 4.69) is 11.8 Å². The van der Waals surface area contributed by atoms with E-state index in [1.165, 1.54) is 18.9 Å². The fourth-order valence-electron chi connectivity index (χ4n) is 3.14. The first-order chi connectivity index (χ1) is 10.5. The Hall–Kier alpha value is -1.95. The molecule has 1 amide bonds. The van der Waals surface area contributed by atoms with Gasteiger partial charge in [0.25, 0.3) is 5.69 Å². The molecule has 6 nitrogen and oxygen atoms in total. The molecule has 2 aliphatic rings. The molecule has 0 unspecified atom stereocenters. The van der Waals surface area contributed by atoms with Crippen LogP contribution in [0, 0.1) is 16.0 Å². The minimum atomic E-state index is -0.393. The number of rotatable bonds is 5. The second-order valence-electron chi connectivity index (χ2n) is 6.36. The van der Waals surface area contributed by atoms with Crippen LogP contribution in [0.5, 0.6) is 0 Å². The summed E-state index contributed by atoms with van der Waals surface area (Å²) in [4.78, 5) is 26.8. The highest BCUT2D eigenvalue weighted by molar-refractivity contribution is 5.97. The maximum absolute atomic E-state index is 12.5. The second kappa shape index (κ2) is 5.68. The van der Waals surface area contributed by atoms with Crippen molar-refractivity contribution >= 4 is 17.3 Å². The summed E-state index contributed by atoms with van der Waals surface area (Å²) in [5.74, 6) is 0.800. The molecule has 6 heteroatoms. The van der Waals surface area contributed by atoms with E-state index in [9.17, 15) is 14.9 Å². The molecule has 1 aromatic rings. The van der Waals surface area contributed by atoms with Crippen molar-refractivity contribution in [3.63, 3.8) is 0 Å². The van der Waals surface area contributed by atoms with E-state index in [0.29, 0.717) is 25.6 Å². The Balaban J connectivity index is 1.69. The van der Waals surface area contributed by atoms with E-state index in [1.807, 2.05) is 7.05 Å². The summed E-state index contributed by atoms with van der Waals surface area (Å²) in [5, 5.41) is 10.8. The Labute approximate surface area is 129 Å². The van der Waals surface area contributed by atoms with E-state index in [-0.39, 0.29) is 11.6 Å². The number of likely N-dealkylation sites (N-methyl/N-ethyl adjacent to an activating group) is 1. The molecule has 1 aliphatic heterocycles. The van der Waals surface area contributed by atoms with E-state index in [0.717, 1.165) is 17.2 Å². The summed E-state index contributed by atoms with van der Waals surface area (Å²) in [6, 6.07) is 5.19. The molecular formula is C16H21N3O3. The number of carbonyl (C=O) groups excluding carboxylic acids is 1. The summed E-state index contributed by atoms with van der Waals surface area (Å²) < 4.78 is 0. The van der Waals surface area contributed by atoms with Gasteiger partial charge in [0, 0.05) is 30.4 Å². The lowest BCUT2D eigenvalue weighted by atomic mass is 10.1. The third-order valence-corrected chi connectivity index (χ3v) is 4.85. The van der Waals surface area contributed by atoms with Gasteiger partial charge in [-0.1, -0.05) is 0 Å². The molecule has 0 N–H and O–H groups in total. The standard InChI is InChI=1S/C16H21N3O3/c1-11(12-3-4-12)17(2)10-16(20)18-8-7-13-9-14(19(21)22)5-6-15(13)18/h5-6,9,11-12H,3-4,7-8,10H2,1-2H3/t11-/m0/s1. The highest BCUT2D eigenvalue weighted by atomic mass is 16.6. The number of hydrogen-bond donors (Lipinski definition) is 0. The van der Waals surface area contributed by atoms with Gasteiger partial charge in [0.2, 0.25) is 5.91 Å². The molecule has 1 fully saturated rings. The molecule has 1 aliphatic carbocycles. The molecular weight excluding hydrogens is 282 g/mol. The molecule has 22 heavy (non-hydrogen) atoms. The van der Waals surface area contributed by atoms with Crippen molar-refractivity contribution in [3.8, 4) is 0 Å². The Morgan fingerprint density at radius 1 is 1.50 bits per heavy atom. The van der Waals surface area contributed by atoms with Crippen molar-refractivity contribution < 1.29 is 9.72 Å². The lowest BCUT2D eigenvalue weighted by Gasteiger charge is -2.26. The quantitative estimate of drug-likeness (QED) is 0.618. The van der Waals surface area contributed by atoms with Crippen LogP contribution in [0.15, 0.2) is 18.2 Å². The SMILES string of the molecule is C[C@@H](C1CC1)N(C)CC(=O)N1CCc2cc([N+](=O)[O-])ccc21. The van der Waals surface area contributed by atoms with E-state index in [4.69, 9.17) is 0 Å². The number of amides is 1. The van der Waals surface area contributed by atoms with Crippen molar-refractivity contribution in [2.45, 2.75) is 32.2 Å². The van der Waals surface area contributed by atoms with Crippen molar-refractivity contribution in [3.05, 3.63) is 33.9 Å². The van der Waals surface area contributed by atoms with Gasteiger partial charge < -0.3 is 4.90 Å². The zero-order valence-corrected chi connectivity index (χ0v) is 13.0. The molecule has 3 rings (SSSR count). The average Bonchev–Trinajstić information content (AvgIpc) is 3.24. The minimum Gasteiger partial charge on any atom is -0.311 e. The third-order valence-electron chi connectivity index (χ3n) is 4.85. The Morgan fingerprint density at radius 3 is 2.86 bits per heavy atom. The van der Waals surface area contributed by atoms with Crippen molar-refractivity contribution in [1.82, 2.24) is 4.90 Å². The maximum atomic E-state index is 12.5. The highest BCUT2D eigenvalue weighted by Crippen LogP contribution is 2.35. The molecule has 1 atom stereocenters. The van der Waals surface area contributed by atoms with Gasteiger partial charge in [0.15, 0.2) is 0 Å². The Morgan fingerprint density at radius 2 is 2.23 bits per heavy atom. The molecule has 1 saturated carbocycles. The molecule has 1 aromatic carbocycles. The van der Waals surface area contributed by atoms with Crippen molar-refractivity contribution in [2.75, 3.05) is 25.0 Å². The summed E-state index contributed by atoms with van der Waals surface area (Å²) in [7, 11) is 1.99. The summed E-state index contributed by atoms with van der Waals surface area (Å²) in [6.45, 7) is 3.18. The van der Waals surface area contributed by atoms with Crippen LogP contribution in [0.2, 0.25) is 0 Å². The number of nitro groups is 1.